The van der Waals surface area contributed by atoms with Gasteiger partial charge in [-0.15, -0.1) is 11.8 Å². The van der Waals surface area contributed by atoms with Crippen LogP contribution in [0.25, 0.3) is 0 Å². The summed E-state index contributed by atoms with van der Waals surface area (Å²) in [4.78, 5) is 1.23. The molecule has 94 valence electrons. The minimum atomic E-state index is -0.433. The highest BCUT2D eigenvalue weighted by Gasteiger charge is 2.25. The predicted octanol–water partition coefficient (Wildman–Crippen LogP) is 3.77. The number of halogens is 1. The van der Waals surface area contributed by atoms with E-state index in [1.165, 1.54) is 4.90 Å². The Balaban J connectivity index is 2.09. The molecule has 1 aliphatic heterocycles. The first-order valence-corrected chi connectivity index (χ1v) is 7.51. The minimum absolute atomic E-state index is 0.329. The summed E-state index contributed by atoms with van der Waals surface area (Å²) >= 11 is 5.36. The molecule has 3 atom stereocenters. The minimum Gasteiger partial charge on any atom is -0.389 e. The first-order chi connectivity index (χ1) is 8.08. The molecule has 2 nitrogen and oxygen atoms in total. The highest BCUT2D eigenvalue weighted by molar-refractivity contribution is 9.10. The monoisotopic (exact) mass is 316 g/mol. The normalized spacial score (nSPS) is 26.1. The van der Waals surface area contributed by atoms with Gasteiger partial charge in [0.2, 0.25) is 0 Å². The third-order valence-corrected chi connectivity index (χ3v) is 5.15. The number of aliphatic hydroxyl groups is 1. The lowest BCUT2D eigenvalue weighted by molar-refractivity contribution is 0.127. The number of benzene rings is 1. The molecule has 1 fully saturated rings. The number of ether oxygens (including phenoxy) is 1. The van der Waals surface area contributed by atoms with Crippen LogP contribution >= 0.6 is 27.7 Å². The smallest absolute Gasteiger partial charge is 0.0772 e. The van der Waals surface area contributed by atoms with Gasteiger partial charge in [0.05, 0.1) is 12.2 Å². The quantitative estimate of drug-likeness (QED) is 0.920. The van der Waals surface area contributed by atoms with E-state index in [-0.39, 0.29) is 0 Å². The molecule has 1 saturated heterocycles. The van der Waals surface area contributed by atoms with Gasteiger partial charge in [-0.2, -0.15) is 0 Å². The predicted molar refractivity (Wildman–Crippen MR) is 74.5 cm³/mol. The molecule has 1 aliphatic rings. The molecule has 0 amide bonds. The summed E-state index contributed by atoms with van der Waals surface area (Å²) in [6, 6.07) is 6.14. The molecular formula is C13H17BrO2S. The van der Waals surface area contributed by atoms with Gasteiger partial charge >= 0.3 is 0 Å². The topological polar surface area (TPSA) is 29.5 Å². The Morgan fingerprint density at radius 2 is 2.29 bits per heavy atom. The van der Waals surface area contributed by atoms with Crippen molar-refractivity contribution in [1.29, 1.82) is 0 Å². The molecule has 2 rings (SSSR count). The fourth-order valence-corrected chi connectivity index (χ4v) is 3.99. The average molecular weight is 317 g/mol. The maximum atomic E-state index is 9.56. The van der Waals surface area contributed by atoms with Crippen molar-refractivity contribution in [3.05, 3.63) is 28.2 Å². The van der Waals surface area contributed by atoms with E-state index in [2.05, 4.69) is 35.0 Å². The molecule has 4 heteroatoms. The maximum absolute atomic E-state index is 9.56. The first kappa shape index (κ1) is 13.4. The number of aliphatic hydroxyl groups excluding tert-OH is 1. The second-order valence-electron chi connectivity index (χ2n) is 4.38. The van der Waals surface area contributed by atoms with Crippen molar-refractivity contribution in [2.45, 2.75) is 42.6 Å². The van der Waals surface area contributed by atoms with Crippen LogP contribution in [0.3, 0.4) is 0 Å². The maximum Gasteiger partial charge on any atom is 0.0772 e. The van der Waals surface area contributed by atoms with Gasteiger partial charge in [0.1, 0.15) is 0 Å². The largest absolute Gasteiger partial charge is 0.389 e. The lowest BCUT2D eigenvalue weighted by Crippen LogP contribution is -2.12. The molecule has 17 heavy (non-hydrogen) atoms. The zero-order valence-corrected chi connectivity index (χ0v) is 12.4. The molecule has 0 spiro atoms. The van der Waals surface area contributed by atoms with E-state index in [4.69, 9.17) is 4.74 Å². The molecule has 1 aromatic carbocycles. The number of thioether (sulfide) groups is 1. The van der Waals surface area contributed by atoms with E-state index in [1.807, 2.05) is 17.8 Å². The summed E-state index contributed by atoms with van der Waals surface area (Å²) < 4.78 is 6.53. The Kier molecular flexibility index (Phi) is 4.53. The van der Waals surface area contributed by atoms with Gasteiger partial charge in [0, 0.05) is 21.2 Å². The standard InChI is InChI=1S/C13H17BrO2S/c1-8(15)11-4-3-10(7-12(11)14)17-13-5-6-16-9(13)2/h3-4,7-9,13,15H,5-6H2,1-2H3/t8-,9?,13?/m0/s1. The van der Waals surface area contributed by atoms with Gasteiger partial charge in [0.25, 0.3) is 0 Å². The van der Waals surface area contributed by atoms with Crippen LogP contribution in [-0.4, -0.2) is 23.1 Å². The molecule has 1 aromatic rings. The molecule has 0 aromatic heterocycles. The Morgan fingerprint density at radius 3 is 2.82 bits per heavy atom. The molecular weight excluding hydrogens is 300 g/mol. The van der Waals surface area contributed by atoms with Gasteiger partial charge in [0.15, 0.2) is 0 Å². The number of rotatable bonds is 3. The molecule has 0 radical (unpaired) electrons. The van der Waals surface area contributed by atoms with Gasteiger partial charge < -0.3 is 9.84 Å². The average Bonchev–Trinajstić information content (AvgIpc) is 2.64. The summed E-state index contributed by atoms with van der Waals surface area (Å²) in [7, 11) is 0. The van der Waals surface area contributed by atoms with Crippen molar-refractivity contribution >= 4 is 27.7 Å². The number of hydrogen-bond acceptors (Lipinski definition) is 3. The van der Waals surface area contributed by atoms with Crippen molar-refractivity contribution in [2.24, 2.45) is 0 Å². The van der Waals surface area contributed by atoms with Crippen LogP contribution in [0.4, 0.5) is 0 Å². The molecule has 1 N–H and O–H groups in total. The van der Waals surface area contributed by atoms with Crippen LogP contribution in [0, 0.1) is 0 Å². The first-order valence-electron chi connectivity index (χ1n) is 5.83. The summed E-state index contributed by atoms with van der Waals surface area (Å²) in [5.74, 6) is 0. The van der Waals surface area contributed by atoms with E-state index in [0.29, 0.717) is 11.4 Å². The second kappa shape index (κ2) is 5.74. The third kappa shape index (κ3) is 3.25. The van der Waals surface area contributed by atoms with Crippen molar-refractivity contribution in [2.75, 3.05) is 6.61 Å². The lowest BCUT2D eigenvalue weighted by Gasteiger charge is -2.15. The molecule has 1 heterocycles. The van der Waals surface area contributed by atoms with E-state index >= 15 is 0 Å². The van der Waals surface area contributed by atoms with Crippen LogP contribution in [0.5, 0.6) is 0 Å². The van der Waals surface area contributed by atoms with E-state index in [9.17, 15) is 5.11 Å². The summed E-state index contributed by atoms with van der Waals surface area (Å²) in [5.41, 5.74) is 0.935. The van der Waals surface area contributed by atoms with Crippen molar-refractivity contribution in [3.63, 3.8) is 0 Å². The Labute approximate surface area is 115 Å². The molecule has 2 unspecified atom stereocenters. The van der Waals surface area contributed by atoms with Crippen molar-refractivity contribution < 1.29 is 9.84 Å². The second-order valence-corrected chi connectivity index (χ2v) is 6.55. The van der Waals surface area contributed by atoms with Crippen LogP contribution in [0.2, 0.25) is 0 Å². The SMILES string of the molecule is CC1OCCC1Sc1ccc([C@H](C)O)c(Br)c1. The van der Waals surface area contributed by atoms with Gasteiger partial charge in [-0.3, -0.25) is 0 Å². The van der Waals surface area contributed by atoms with Crippen LogP contribution in [0.1, 0.15) is 31.9 Å². The molecule has 0 saturated carbocycles. The fourth-order valence-electron chi connectivity index (χ4n) is 1.96. The van der Waals surface area contributed by atoms with Crippen molar-refractivity contribution in [1.82, 2.24) is 0 Å². The van der Waals surface area contributed by atoms with Crippen molar-refractivity contribution in [3.8, 4) is 0 Å². The highest BCUT2D eigenvalue weighted by Crippen LogP contribution is 2.35. The van der Waals surface area contributed by atoms with E-state index in [0.717, 1.165) is 23.1 Å². The molecule has 0 aliphatic carbocycles. The Morgan fingerprint density at radius 1 is 1.53 bits per heavy atom. The Hall–Kier alpha value is -0.0300. The van der Waals surface area contributed by atoms with Gasteiger partial charge in [-0.1, -0.05) is 22.0 Å². The number of hydrogen-bond donors (Lipinski definition) is 1. The van der Waals surface area contributed by atoms with Crippen LogP contribution in [-0.2, 0) is 4.74 Å². The Bertz CT molecular complexity index is 395. The van der Waals surface area contributed by atoms with Gasteiger partial charge in [-0.05, 0) is 38.0 Å². The summed E-state index contributed by atoms with van der Waals surface area (Å²) in [6.07, 6.45) is 1.01. The summed E-state index contributed by atoms with van der Waals surface area (Å²) in [6.45, 7) is 4.77. The zero-order chi connectivity index (χ0) is 12.4. The van der Waals surface area contributed by atoms with Crippen LogP contribution in [0.15, 0.2) is 27.6 Å². The highest BCUT2D eigenvalue weighted by atomic mass is 79.9. The summed E-state index contributed by atoms with van der Waals surface area (Å²) in [5, 5.41) is 10.1. The zero-order valence-electron chi connectivity index (χ0n) is 10.0. The lowest BCUT2D eigenvalue weighted by atomic mass is 10.1. The third-order valence-electron chi connectivity index (χ3n) is 3.02. The van der Waals surface area contributed by atoms with Gasteiger partial charge in [-0.25, -0.2) is 0 Å². The van der Waals surface area contributed by atoms with Crippen LogP contribution < -0.4 is 0 Å². The fraction of sp³-hybridized carbons (Fsp3) is 0.538. The molecule has 0 bridgehead atoms. The van der Waals surface area contributed by atoms with E-state index in [1.54, 1.807) is 6.92 Å². The van der Waals surface area contributed by atoms with E-state index < -0.39 is 6.10 Å².